The van der Waals surface area contributed by atoms with Crippen molar-refractivity contribution in [2.24, 2.45) is 5.41 Å². The van der Waals surface area contributed by atoms with Crippen LogP contribution in [0.3, 0.4) is 0 Å². The van der Waals surface area contributed by atoms with E-state index in [1.54, 1.807) is 0 Å². The first-order valence-corrected chi connectivity index (χ1v) is 10.2. The molecule has 4 nitrogen and oxygen atoms in total. The van der Waals surface area contributed by atoms with E-state index in [2.05, 4.69) is 59.7 Å². The lowest BCUT2D eigenvalue weighted by molar-refractivity contribution is -0.137. The van der Waals surface area contributed by atoms with Crippen molar-refractivity contribution in [1.29, 1.82) is 0 Å². The number of amides is 1. The van der Waals surface area contributed by atoms with E-state index in [-0.39, 0.29) is 11.3 Å². The van der Waals surface area contributed by atoms with Gasteiger partial charge in [0.2, 0.25) is 5.91 Å². The number of likely N-dealkylation sites (tertiary alicyclic amines) is 1. The lowest BCUT2D eigenvalue weighted by Crippen LogP contribution is -2.51. The lowest BCUT2D eigenvalue weighted by Gasteiger charge is -2.38. The fourth-order valence-electron chi connectivity index (χ4n) is 4.48. The fourth-order valence-corrected chi connectivity index (χ4v) is 4.48. The summed E-state index contributed by atoms with van der Waals surface area (Å²) in [6, 6.07) is 15.3. The van der Waals surface area contributed by atoms with Gasteiger partial charge in [-0.2, -0.15) is 0 Å². The van der Waals surface area contributed by atoms with Crippen molar-refractivity contribution in [2.75, 3.05) is 33.4 Å². The largest absolute Gasteiger partial charge is 0.381 e. The molecule has 2 fully saturated rings. The first-order valence-electron chi connectivity index (χ1n) is 10.2. The summed E-state index contributed by atoms with van der Waals surface area (Å²) in [6.07, 6.45) is 4.49. The summed E-state index contributed by atoms with van der Waals surface area (Å²) in [6.45, 7) is 3.47. The van der Waals surface area contributed by atoms with E-state index in [0.29, 0.717) is 19.3 Å². The van der Waals surface area contributed by atoms with Crippen molar-refractivity contribution in [3.63, 3.8) is 0 Å². The van der Waals surface area contributed by atoms with Crippen LogP contribution in [0.15, 0.2) is 42.5 Å². The molecule has 27 heavy (non-hydrogen) atoms. The molecule has 0 atom stereocenters. The van der Waals surface area contributed by atoms with Crippen LogP contribution in [0.1, 0.15) is 31.2 Å². The Morgan fingerprint density at radius 3 is 2.56 bits per heavy atom. The monoisotopic (exact) mass is 366 g/mol. The maximum Gasteiger partial charge on any atom is 0.226 e. The zero-order chi connectivity index (χ0) is 18.7. The normalized spacial score (nSPS) is 21.2. The van der Waals surface area contributed by atoms with Gasteiger partial charge in [0.05, 0.1) is 5.41 Å². The Morgan fingerprint density at radius 1 is 1.11 bits per heavy atom. The van der Waals surface area contributed by atoms with Crippen molar-refractivity contribution in [1.82, 2.24) is 10.2 Å². The summed E-state index contributed by atoms with van der Waals surface area (Å²) in [5.74, 6) is 0.230. The number of fused-ring (bicyclic) bond motifs is 1. The SMILES string of the molecule is CN1CCC(NC(=O)C2(Cc3ccc4ccccc4c3)CCOCC2)CC1. The molecule has 0 bridgehead atoms. The first kappa shape index (κ1) is 18.5. The molecule has 2 aromatic rings. The van der Waals surface area contributed by atoms with E-state index in [4.69, 9.17) is 4.74 Å². The van der Waals surface area contributed by atoms with E-state index in [0.717, 1.165) is 45.2 Å². The molecule has 2 aliphatic heterocycles. The van der Waals surface area contributed by atoms with E-state index >= 15 is 0 Å². The lowest BCUT2D eigenvalue weighted by atomic mass is 9.74. The topological polar surface area (TPSA) is 41.6 Å². The van der Waals surface area contributed by atoms with Crippen molar-refractivity contribution < 1.29 is 9.53 Å². The highest BCUT2D eigenvalue weighted by atomic mass is 16.5. The van der Waals surface area contributed by atoms with E-state index in [1.807, 2.05) is 0 Å². The molecule has 2 aromatic carbocycles. The zero-order valence-corrected chi connectivity index (χ0v) is 16.2. The standard InChI is InChI=1S/C23H30N2O2/c1-25-12-8-21(9-13-25)24-22(26)23(10-14-27-15-11-23)17-18-6-7-19-4-2-3-5-20(19)16-18/h2-7,16,21H,8-15,17H2,1H3,(H,24,26). The Hall–Kier alpha value is -1.91. The molecule has 2 saturated heterocycles. The van der Waals surface area contributed by atoms with E-state index in [1.165, 1.54) is 16.3 Å². The van der Waals surface area contributed by atoms with Gasteiger partial charge in [-0.25, -0.2) is 0 Å². The summed E-state index contributed by atoms with van der Waals surface area (Å²) >= 11 is 0. The molecule has 0 aromatic heterocycles. The zero-order valence-electron chi connectivity index (χ0n) is 16.2. The van der Waals surface area contributed by atoms with Crippen LogP contribution in [0.25, 0.3) is 10.8 Å². The van der Waals surface area contributed by atoms with Crippen LogP contribution in [-0.2, 0) is 16.0 Å². The second-order valence-corrected chi connectivity index (χ2v) is 8.30. The molecule has 2 heterocycles. The van der Waals surface area contributed by atoms with Crippen LogP contribution in [-0.4, -0.2) is 50.2 Å². The highest BCUT2D eigenvalue weighted by molar-refractivity contribution is 5.85. The molecule has 0 unspecified atom stereocenters. The number of rotatable bonds is 4. The van der Waals surface area contributed by atoms with Crippen LogP contribution in [0.4, 0.5) is 0 Å². The van der Waals surface area contributed by atoms with Gasteiger partial charge in [-0.3, -0.25) is 4.79 Å². The van der Waals surface area contributed by atoms with Gasteiger partial charge in [-0.1, -0.05) is 42.5 Å². The summed E-state index contributed by atoms with van der Waals surface area (Å²) in [5.41, 5.74) is 0.901. The number of benzene rings is 2. The van der Waals surface area contributed by atoms with Gasteiger partial charge in [0, 0.05) is 19.3 Å². The average molecular weight is 367 g/mol. The quantitative estimate of drug-likeness (QED) is 0.902. The Kier molecular flexibility index (Phi) is 5.46. The summed E-state index contributed by atoms with van der Waals surface area (Å²) in [7, 11) is 2.15. The number of carbonyl (C=O) groups excluding carboxylic acids is 1. The first-order chi connectivity index (χ1) is 13.1. The van der Waals surface area contributed by atoms with Crippen LogP contribution in [0, 0.1) is 5.41 Å². The van der Waals surface area contributed by atoms with Gasteiger partial charge in [-0.15, -0.1) is 0 Å². The van der Waals surface area contributed by atoms with Crippen LogP contribution in [0.5, 0.6) is 0 Å². The van der Waals surface area contributed by atoms with Crippen molar-refractivity contribution in [2.45, 2.75) is 38.1 Å². The summed E-state index contributed by atoms with van der Waals surface area (Å²) < 4.78 is 5.60. The number of carbonyl (C=O) groups is 1. The van der Waals surface area contributed by atoms with Gasteiger partial charge < -0.3 is 15.0 Å². The third kappa shape index (κ3) is 4.17. The van der Waals surface area contributed by atoms with Crippen LogP contribution in [0.2, 0.25) is 0 Å². The molecule has 0 saturated carbocycles. The Labute approximate surface area is 161 Å². The molecule has 4 heteroatoms. The Morgan fingerprint density at radius 2 is 1.81 bits per heavy atom. The van der Waals surface area contributed by atoms with Crippen molar-refractivity contribution in [3.8, 4) is 0 Å². The van der Waals surface area contributed by atoms with E-state index in [9.17, 15) is 4.79 Å². The van der Waals surface area contributed by atoms with Crippen LogP contribution < -0.4 is 5.32 Å². The Bertz CT molecular complexity index is 790. The number of hydrogen-bond acceptors (Lipinski definition) is 3. The highest BCUT2D eigenvalue weighted by Gasteiger charge is 2.41. The van der Waals surface area contributed by atoms with Crippen molar-refractivity contribution in [3.05, 3.63) is 48.0 Å². The number of hydrogen-bond donors (Lipinski definition) is 1. The van der Waals surface area contributed by atoms with E-state index < -0.39 is 0 Å². The maximum absolute atomic E-state index is 13.4. The van der Waals surface area contributed by atoms with Gasteiger partial charge in [-0.05, 0) is 68.6 Å². The molecule has 0 aliphatic carbocycles. The van der Waals surface area contributed by atoms with Gasteiger partial charge >= 0.3 is 0 Å². The molecule has 2 aliphatic rings. The molecule has 144 valence electrons. The molecule has 0 radical (unpaired) electrons. The maximum atomic E-state index is 13.4. The predicted octanol–water partition coefficient (Wildman–Crippen LogP) is 3.39. The Balaban J connectivity index is 1.52. The van der Waals surface area contributed by atoms with Gasteiger partial charge in [0.15, 0.2) is 0 Å². The minimum Gasteiger partial charge on any atom is -0.381 e. The van der Waals surface area contributed by atoms with Crippen LogP contribution >= 0.6 is 0 Å². The fraction of sp³-hybridized carbons (Fsp3) is 0.522. The molecule has 1 N–H and O–H groups in total. The minimum absolute atomic E-state index is 0.230. The average Bonchev–Trinajstić information content (AvgIpc) is 2.70. The molecular weight excluding hydrogens is 336 g/mol. The number of piperidine rings is 1. The minimum atomic E-state index is -0.343. The van der Waals surface area contributed by atoms with Gasteiger partial charge in [0.25, 0.3) is 0 Å². The molecular formula is C23H30N2O2. The second-order valence-electron chi connectivity index (χ2n) is 8.30. The third-order valence-corrected chi connectivity index (χ3v) is 6.34. The number of ether oxygens (including phenoxy) is 1. The number of nitrogens with zero attached hydrogens (tertiary/aromatic N) is 1. The second kappa shape index (κ2) is 7.99. The number of nitrogens with one attached hydrogen (secondary N) is 1. The molecule has 1 amide bonds. The highest BCUT2D eigenvalue weighted by Crippen LogP contribution is 2.36. The smallest absolute Gasteiger partial charge is 0.226 e. The molecule has 4 rings (SSSR count). The van der Waals surface area contributed by atoms with Gasteiger partial charge in [0.1, 0.15) is 0 Å². The summed E-state index contributed by atoms with van der Waals surface area (Å²) in [4.78, 5) is 15.7. The molecule has 0 spiro atoms. The van der Waals surface area contributed by atoms with Crippen molar-refractivity contribution >= 4 is 16.7 Å². The third-order valence-electron chi connectivity index (χ3n) is 6.34. The predicted molar refractivity (Wildman–Crippen MR) is 109 cm³/mol. The summed E-state index contributed by atoms with van der Waals surface area (Å²) in [5, 5.41) is 5.88.